The Hall–Kier alpha value is -2.27. The fraction of sp³-hybridized carbons (Fsp3) is 0.400. The second-order valence-electron chi connectivity index (χ2n) is 9.89. The third kappa shape index (κ3) is 6.98. The number of carbonyl (C=O) groups is 2. The highest BCUT2D eigenvalue weighted by Gasteiger charge is 2.49. The number of carbonyl (C=O) groups excluding carboxylic acids is 2. The van der Waals surface area contributed by atoms with Crippen molar-refractivity contribution in [1.82, 2.24) is 5.32 Å². The molecule has 0 aromatic heterocycles. The normalized spacial score (nSPS) is 22.5. The first-order valence-electron chi connectivity index (χ1n) is 11.6. The van der Waals surface area contributed by atoms with E-state index in [1.54, 1.807) is 43.9 Å². The largest absolute Gasteiger partial charge is 0.444 e. The number of thioether (sulfide) groups is 1. The van der Waals surface area contributed by atoms with Gasteiger partial charge in [-0.05, 0) is 44.5 Å². The quantitative estimate of drug-likeness (QED) is 0.542. The minimum Gasteiger partial charge on any atom is -0.444 e. The average Bonchev–Trinajstić information content (AvgIpc) is 3.25. The molecule has 0 aliphatic carbocycles. The molecule has 4 rings (SSSR count). The van der Waals surface area contributed by atoms with Gasteiger partial charge in [0.2, 0.25) is 0 Å². The van der Waals surface area contributed by atoms with Gasteiger partial charge in [-0.2, -0.15) is 4.99 Å². The summed E-state index contributed by atoms with van der Waals surface area (Å²) in [6.45, 7) is 5.20. The molecule has 12 heteroatoms. The lowest BCUT2D eigenvalue weighted by molar-refractivity contribution is -0.119. The van der Waals surface area contributed by atoms with Gasteiger partial charge < -0.3 is 15.0 Å². The number of hydrogen-bond acceptors (Lipinski definition) is 6. The average molecular weight is 585 g/mol. The Morgan fingerprint density at radius 3 is 2.49 bits per heavy atom. The topological polar surface area (TPSA) is 105 Å². The Morgan fingerprint density at radius 2 is 1.84 bits per heavy atom. The molecule has 198 valence electrons. The lowest BCUT2D eigenvalue weighted by atomic mass is 10.1. The first-order chi connectivity index (χ1) is 17.3. The Morgan fingerprint density at radius 1 is 1.14 bits per heavy atom. The molecule has 0 saturated carbocycles. The number of fused-ring (bicyclic) bond motifs is 1. The van der Waals surface area contributed by atoms with Crippen molar-refractivity contribution in [2.24, 2.45) is 4.99 Å². The molecule has 2 heterocycles. The fourth-order valence-corrected chi connectivity index (χ4v) is 8.38. The Labute approximate surface area is 230 Å². The molecular formula is C25H27Cl2N3O5S2. The third-order valence-electron chi connectivity index (χ3n) is 5.73. The molecule has 2 aliphatic heterocycles. The van der Waals surface area contributed by atoms with Gasteiger partial charge in [0, 0.05) is 17.4 Å². The van der Waals surface area contributed by atoms with Crippen molar-refractivity contribution in [2.45, 2.75) is 50.1 Å². The number of anilines is 1. The van der Waals surface area contributed by atoms with E-state index in [9.17, 15) is 18.0 Å². The van der Waals surface area contributed by atoms with E-state index in [1.165, 1.54) is 11.8 Å². The van der Waals surface area contributed by atoms with Crippen molar-refractivity contribution in [1.29, 1.82) is 0 Å². The number of aliphatic imine (C=N–C) groups is 1. The molecule has 8 nitrogen and oxygen atoms in total. The van der Waals surface area contributed by atoms with Crippen LogP contribution in [0.5, 0.6) is 0 Å². The number of rotatable bonds is 5. The van der Waals surface area contributed by atoms with Crippen LogP contribution in [0.15, 0.2) is 53.5 Å². The van der Waals surface area contributed by atoms with Crippen LogP contribution in [0.4, 0.5) is 10.5 Å². The van der Waals surface area contributed by atoms with E-state index < -0.39 is 39.5 Å². The number of sulfone groups is 1. The summed E-state index contributed by atoms with van der Waals surface area (Å²) in [5.74, 6) is -0.663. The van der Waals surface area contributed by atoms with Gasteiger partial charge in [-0.15, -0.1) is 0 Å². The summed E-state index contributed by atoms with van der Waals surface area (Å²) in [6.07, 6.45) is -0.528. The van der Waals surface area contributed by atoms with Crippen molar-refractivity contribution < 1.29 is 22.7 Å². The zero-order chi connectivity index (χ0) is 27.0. The summed E-state index contributed by atoms with van der Waals surface area (Å²) in [4.78, 5) is 32.1. The van der Waals surface area contributed by atoms with Gasteiger partial charge in [0.05, 0.1) is 27.6 Å². The molecule has 0 bridgehead atoms. The maximum Gasteiger partial charge on any atom is 0.408 e. The highest BCUT2D eigenvalue weighted by atomic mass is 35.5. The Bertz CT molecular complexity index is 1330. The second-order valence-corrected chi connectivity index (χ2v) is 14.1. The van der Waals surface area contributed by atoms with Gasteiger partial charge in [-0.25, -0.2) is 13.2 Å². The molecule has 2 fully saturated rings. The van der Waals surface area contributed by atoms with Crippen LogP contribution in [0.3, 0.4) is 0 Å². The van der Waals surface area contributed by atoms with Gasteiger partial charge in [0.15, 0.2) is 15.0 Å². The van der Waals surface area contributed by atoms with E-state index in [0.29, 0.717) is 20.9 Å². The first-order valence-corrected chi connectivity index (χ1v) is 15.0. The lowest BCUT2D eigenvalue weighted by Gasteiger charge is -2.25. The maximum absolute atomic E-state index is 13.5. The van der Waals surface area contributed by atoms with E-state index in [0.717, 1.165) is 5.56 Å². The fourth-order valence-electron chi connectivity index (χ4n) is 4.17. The first kappa shape index (κ1) is 27.8. The number of amides is 2. The summed E-state index contributed by atoms with van der Waals surface area (Å²) >= 11 is 13.6. The molecule has 0 spiro atoms. The molecule has 37 heavy (non-hydrogen) atoms. The van der Waals surface area contributed by atoms with Gasteiger partial charge in [-0.1, -0.05) is 65.3 Å². The van der Waals surface area contributed by atoms with Crippen molar-refractivity contribution in [3.05, 3.63) is 64.1 Å². The number of alkyl carbamates (subject to hydrolysis) is 1. The van der Waals surface area contributed by atoms with Gasteiger partial charge in [0.1, 0.15) is 11.6 Å². The van der Waals surface area contributed by atoms with Crippen LogP contribution in [0.1, 0.15) is 26.3 Å². The number of halogens is 2. The van der Waals surface area contributed by atoms with Crippen LogP contribution in [0, 0.1) is 0 Å². The number of amidine groups is 1. The molecule has 2 amide bonds. The highest BCUT2D eigenvalue weighted by Crippen LogP contribution is 2.42. The number of nitrogens with one attached hydrogen (secondary N) is 1. The Balaban J connectivity index is 1.66. The predicted octanol–water partition coefficient (Wildman–Crippen LogP) is 4.73. The predicted molar refractivity (Wildman–Crippen MR) is 149 cm³/mol. The molecule has 3 atom stereocenters. The van der Waals surface area contributed by atoms with E-state index >= 15 is 0 Å². The van der Waals surface area contributed by atoms with Gasteiger partial charge in [0.25, 0.3) is 5.91 Å². The highest BCUT2D eigenvalue weighted by molar-refractivity contribution is 8.16. The van der Waals surface area contributed by atoms with Crippen molar-refractivity contribution in [3.63, 3.8) is 0 Å². The molecule has 2 aromatic carbocycles. The van der Waals surface area contributed by atoms with Crippen LogP contribution in [0.2, 0.25) is 10.0 Å². The van der Waals surface area contributed by atoms with Crippen molar-refractivity contribution >= 4 is 67.7 Å². The molecule has 0 unspecified atom stereocenters. The molecule has 2 aliphatic rings. The summed E-state index contributed by atoms with van der Waals surface area (Å²) in [5.41, 5.74) is 0.670. The van der Waals surface area contributed by atoms with Crippen LogP contribution >= 0.6 is 35.0 Å². The van der Waals surface area contributed by atoms with Crippen LogP contribution in [-0.4, -0.2) is 60.0 Å². The number of nitrogens with zero attached hydrogens (tertiary/aromatic N) is 2. The molecule has 0 radical (unpaired) electrons. The van der Waals surface area contributed by atoms with Crippen LogP contribution in [0.25, 0.3) is 0 Å². The zero-order valence-electron chi connectivity index (χ0n) is 20.5. The van der Waals surface area contributed by atoms with Crippen molar-refractivity contribution in [2.75, 3.05) is 16.4 Å². The minimum absolute atomic E-state index is 0.0169. The van der Waals surface area contributed by atoms with E-state index in [2.05, 4.69) is 10.3 Å². The van der Waals surface area contributed by atoms with Gasteiger partial charge in [-0.3, -0.25) is 4.79 Å². The lowest BCUT2D eigenvalue weighted by Crippen LogP contribution is -2.45. The maximum atomic E-state index is 13.5. The SMILES string of the molecule is CC(C)(C)OC(=O)N[C@H](Cc1ccccc1)C(=O)N=C1S[C@@H]2CS(=O)(=O)C[C@H]2N1c1ccc(Cl)c(Cl)c1. The number of hydrogen-bond donors (Lipinski definition) is 1. The summed E-state index contributed by atoms with van der Waals surface area (Å²) in [6, 6.07) is 12.8. The molecule has 2 saturated heterocycles. The number of benzene rings is 2. The third-order valence-corrected chi connectivity index (χ3v) is 9.67. The Kier molecular flexibility index (Phi) is 8.13. The summed E-state index contributed by atoms with van der Waals surface area (Å²) in [7, 11) is -3.24. The van der Waals surface area contributed by atoms with Crippen LogP contribution < -0.4 is 10.2 Å². The van der Waals surface area contributed by atoms with E-state index in [-0.39, 0.29) is 23.2 Å². The van der Waals surface area contributed by atoms with E-state index in [4.69, 9.17) is 27.9 Å². The second kappa shape index (κ2) is 10.8. The molecule has 1 N–H and O–H groups in total. The summed E-state index contributed by atoms with van der Waals surface area (Å²) < 4.78 is 30.1. The smallest absolute Gasteiger partial charge is 0.408 e. The number of ether oxygens (including phenoxy) is 1. The molecule has 2 aromatic rings. The van der Waals surface area contributed by atoms with E-state index in [1.807, 2.05) is 30.3 Å². The summed E-state index contributed by atoms with van der Waals surface area (Å²) in [5, 5.41) is 3.35. The standard InChI is InChI=1S/C25H27Cl2N3O5S2/c1-25(2,3)35-24(32)28-19(11-15-7-5-4-6-8-15)22(31)29-23-30(16-9-10-17(26)18(27)12-16)20-13-37(33,34)14-21(20)36-23/h4-10,12,19-21H,11,13-14H2,1-3H3,(H,28,32)/t19-,20-,21-/m1/s1. The zero-order valence-corrected chi connectivity index (χ0v) is 23.6. The van der Waals surface area contributed by atoms with Crippen molar-refractivity contribution in [3.8, 4) is 0 Å². The van der Waals surface area contributed by atoms with Crippen LogP contribution in [-0.2, 0) is 25.8 Å². The monoisotopic (exact) mass is 583 g/mol. The molecular weight excluding hydrogens is 557 g/mol. The van der Waals surface area contributed by atoms with Gasteiger partial charge >= 0.3 is 6.09 Å². The minimum atomic E-state index is -3.24.